The van der Waals surface area contributed by atoms with Crippen LogP contribution in [0.5, 0.6) is 0 Å². The average molecular weight is 209 g/mol. The highest BCUT2D eigenvalue weighted by atomic mass is 16.6. The van der Waals surface area contributed by atoms with Crippen LogP contribution in [0.25, 0.3) is 0 Å². The van der Waals surface area contributed by atoms with Crippen LogP contribution >= 0.6 is 0 Å². The van der Waals surface area contributed by atoms with Gasteiger partial charge in [0.25, 0.3) is 5.69 Å². The van der Waals surface area contributed by atoms with Crippen molar-refractivity contribution in [3.05, 3.63) is 34.1 Å². The molecule has 0 saturated carbocycles. The summed E-state index contributed by atoms with van der Waals surface area (Å²) in [7, 11) is 0. The Morgan fingerprint density at radius 2 is 2.33 bits per heavy atom. The lowest BCUT2D eigenvalue weighted by atomic mass is 9.95. The molecule has 0 aliphatic heterocycles. The lowest BCUT2D eigenvalue weighted by Gasteiger charge is -2.17. The normalized spacial score (nSPS) is 14.6. The van der Waals surface area contributed by atoms with Crippen LogP contribution in [-0.2, 0) is 0 Å². The Kier molecular flexibility index (Phi) is 3.74. The lowest BCUT2D eigenvalue weighted by Crippen LogP contribution is -2.26. The third-order valence-corrected chi connectivity index (χ3v) is 2.56. The molecule has 0 aliphatic rings. The molecule has 0 bridgehead atoms. The molecule has 1 aromatic rings. The SMILES string of the molecule is CCC(N)C(C)c1ncccc1[N+](=O)[O-]. The highest BCUT2D eigenvalue weighted by Crippen LogP contribution is 2.26. The van der Waals surface area contributed by atoms with Crippen LogP contribution in [0.2, 0.25) is 0 Å². The summed E-state index contributed by atoms with van der Waals surface area (Å²) in [6, 6.07) is 2.92. The zero-order chi connectivity index (χ0) is 11.4. The molecule has 0 spiro atoms. The predicted octanol–water partition coefficient (Wildman–Crippen LogP) is 1.83. The quantitative estimate of drug-likeness (QED) is 0.605. The zero-order valence-corrected chi connectivity index (χ0v) is 8.88. The van der Waals surface area contributed by atoms with E-state index in [0.29, 0.717) is 5.69 Å². The molecule has 0 aliphatic carbocycles. The molecule has 15 heavy (non-hydrogen) atoms. The van der Waals surface area contributed by atoms with Crippen LogP contribution < -0.4 is 5.73 Å². The van der Waals surface area contributed by atoms with Crippen LogP contribution in [0.3, 0.4) is 0 Å². The van der Waals surface area contributed by atoms with Gasteiger partial charge in [0.1, 0.15) is 5.69 Å². The molecule has 0 fully saturated rings. The molecule has 0 aromatic carbocycles. The van der Waals surface area contributed by atoms with E-state index < -0.39 is 4.92 Å². The van der Waals surface area contributed by atoms with E-state index in [9.17, 15) is 10.1 Å². The van der Waals surface area contributed by atoms with E-state index in [1.54, 1.807) is 12.3 Å². The summed E-state index contributed by atoms with van der Waals surface area (Å²) in [5, 5.41) is 10.8. The van der Waals surface area contributed by atoms with Crippen molar-refractivity contribution in [2.24, 2.45) is 5.73 Å². The van der Waals surface area contributed by atoms with Gasteiger partial charge in [-0.3, -0.25) is 15.1 Å². The van der Waals surface area contributed by atoms with Crippen LogP contribution in [-0.4, -0.2) is 15.9 Å². The van der Waals surface area contributed by atoms with Crippen molar-refractivity contribution in [3.8, 4) is 0 Å². The van der Waals surface area contributed by atoms with Crippen LogP contribution in [0.1, 0.15) is 31.9 Å². The fourth-order valence-corrected chi connectivity index (χ4v) is 1.47. The van der Waals surface area contributed by atoms with E-state index in [2.05, 4.69) is 4.98 Å². The van der Waals surface area contributed by atoms with Crippen molar-refractivity contribution in [1.29, 1.82) is 0 Å². The van der Waals surface area contributed by atoms with Gasteiger partial charge in [0.2, 0.25) is 0 Å². The number of nitrogens with zero attached hydrogens (tertiary/aromatic N) is 2. The first-order valence-electron chi connectivity index (χ1n) is 4.92. The third-order valence-electron chi connectivity index (χ3n) is 2.56. The molecular weight excluding hydrogens is 194 g/mol. The van der Waals surface area contributed by atoms with Gasteiger partial charge >= 0.3 is 0 Å². The molecule has 5 nitrogen and oxygen atoms in total. The van der Waals surface area contributed by atoms with Gasteiger partial charge in [-0.05, 0) is 12.5 Å². The molecule has 0 radical (unpaired) electrons. The Bertz CT molecular complexity index is 354. The number of aromatic nitrogens is 1. The number of nitrogens with two attached hydrogens (primary N) is 1. The van der Waals surface area contributed by atoms with Crippen LogP contribution in [0, 0.1) is 10.1 Å². The summed E-state index contributed by atoms with van der Waals surface area (Å²) in [6.07, 6.45) is 2.33. The largest absolute Gasteiger partial charge is 0.327 e. The molecule has 2 N–H and O–H groups in total. The summed E-state index contributed by atoms with van der Waals surface area (Å²) in [5.41, 5.74) is 6.37. The van der Waals surface area contributed by atoms with Gasteiger partial charge in [0.15, 0.2) is 0 Å². The first-order chi connectivity index (χ1) is 7.07. The molecule has 5 heteroatoms. The Labute approximate surface area is 88.5 Å². The van der Waals surface area contributed by atoms with Gasteiger partial charge in [0, 0.05) is 24.2 Å². The van der Waals surface area contributed by atoms with E-state index in [1.165, 1.54) is 6.07 Å². The fourth-order valence-electron chi connectivity index (χ4n) is 1.47. The number of pyridine rings is 1. The predicted molar refractivity (Wildman–Crippen MR) is 57.6 cm³/mol. The van der Waals surface area contributed by atoms with E-state index in [4.69, 9.17) is 5.73 Å². The van der Waals surface area contributed by atoms with Crippen molar-refractivity contribution in [2.75, 3.05) is 0 Å². The van der Waals surface area contributed by atoms with E-state index in [0.717, 1.165) is 6.42 Å². The second-order valence-electron chi connectivity index (χ2n) is 3.53. The Morgan fingerprint density at radius 1 is 1.67 bits per heavy atom. The average Bonchev–Trinajstić information content (AvgIpc) is 2.27. The molecule has 0 saturated heterocycles. The van der Waals surface area contributed by atoms with Crippen molar-refractivity contribution in [2.45, 2.75) is 32.2 Å². The van der Waals surface area contributed by atoms with Gasteiger partial charge in [0.05, 0.1) is 4.92 Å². The number of nitro groups is 1. The Morgan fingerprint density at radius 3 is 2.87 bits per heavy atom. The Hall–Kier alpha value is -1.49. The molecule has 1 aromatic heterocycles. The van der Waals surface area contributed by atoms with Crippen molar-refractivity contribution < 1.29 is 4.92 Å². The van der Waals surface area contributed by atoms with Crippen molar-refractivity contribution >= 4 is 5.69 Å². The summed E-state index contributed by atoms with van der Waals surface area (Å²) in [6.45, 7) is 3.82. The molecule has 2 unspecified atom stereocenters. The summed E-state index contributed by atoms with van der Waals surface area (Å²) < 4.78 is 0. The zero-order valence-electron chi connectivity index (χ0n) is 8.88. The first-order valence-corrected chi connectivity index (χ1v) is 4.92. The number of hydrogen-bond donors (Lipinski definition) is 1. The standard InChI is InChI=1S/C10H15N3O2/c1-3-8(11)7(2)10-9(13(14)15)5-4-6-12-10/h4-8H,3,11H2,1-2H3. The summed E-state index contributed by atoms with van der Waals surface area (Å²) in [4.78, 5) is 14.4. The topological polar surface area (TPSA) is 82.0 Å². The lowest BCUT2D eigenvalue weighted by molar-refractivity contribution is -0.386. The monoisotopic (exact) mass is 209 g/mol. The minimum absolute atomic E-state index is 0.0499. The molecule has 1 rings (SSSR count). The van der Waals surface area contributed by atoms with Crippen molar-refractivity contribution in [1.82, 2.24) is 4.98 Å². The maximum absolute atomic E-state index is 10.8. The number of rotatable bonds is 4. The van der Waals surface area contributed by atoms with Crippen molar-refractivity contribution in [3.63, 3.8) is 0 Å². The smallest absolute Gasteiger partial charge is 0.291 e. The maximum atomic E-state index is 10.8. The maximum Gasteiger partial charge on any atom is 0.291 e. The van der Waals surface area contributed by atoms with Gasteiger partial charge < -0.3 is 5.73 Å². The van der Waals surface area contributed by atoms with Gasteiger partial charge in [-0.1, -0.05) is 13.8 Å². The van der Waals surface area contributed by atoms with E-state index in [-0.39, 0.29) is 17.6 Å². The minimum Gasteiger partial charge on any atom is -0.327 e. The summed E-state index contributed by atoms with van der Waals surface area (Å²) in [5.74, 6) is -0.100. The minimum atomic E-state index is -0.415. The highest BCUT2D eigenvalue weighted by Gasteiger charge is 2.23. The molecule has 2 atom stereocenters. The molecular formula is C10H15N3O2. The highest BCUT2D eigenvalue weighted by molar-refractivity contribution is 5.37. The van der Waals surface area contributed by atoms with Gasteiger partial charge in [-0.25, -0.2) is 0 Å². The first kappa shape index (κ1) is 11.6. The fraction of sp³-hybridized carbons (Fsp3) is 0.500. The molecule has 82 valence electrons. The Balaban J connectivity index is 3.07. The third kappa shape index (κ3) is 2.50. The van der Waals surface area contributed by atoms with Gasteiger partial charge in [-0.15, -0.1) is 0 Å². The van der Waals surface area contributed by atoms with Crippen LogP contribution in [0.4, 0.5) is 5.69 Å². The van der Waals surface area contributed by atoms with Crippen LogP contribution in [0.15, 0.2) is 18.3 Å². The van der Waals surface area contributed by atoms with E-state index in [1.807, 2.05) is 13.8 Å². The second-order valence-corrected chi connectivity index (χ2v) is 3.53. The summed E-state index contributed by atoms with van der Waals surface area (Å²) >= 11 is 0. The number of hydrogen-bond acceptors (Lipinski definition) is 4. The van der Waals surface area contributed by atoms with E-state index >= 15 is 0 Å². The molecule has 0 amide bonds. The molecule has 1 heterocycles. The second kappa shape index (κ2) is 4.84. The van der Waals surface area contributed by atoms with Gasteiger partial charge in [-0.2, -0.15) is 0 Å².